The summed E-state index contributed by atoms with van der Waals surface area (Å²) in [6, 6.07) is 0. The van der Waals surface area contributed by atoms with E-state index in [1.165, 1.54) is 0 Å². The molecule has 0 fully saturated rings. The number of hydrogen-bond donors (Lipinski definition) is 6. The summed E-state index contributed by atoms with van der Waals surface area (Å²) < 4.78 is 0. The van der Waals surface area contributed by atoms with Crippen LogP contribution in [-0.2, 0) is 23.6 Å². The Kier molecular flexibility index (Phi) is 6.60. The first kappa shape index (κ1) is 13.6. The van der Waals surface area contributed by atoms with Crippen LogP contribution in [0.4, 0.5) is 0 Å². The fourth-order valence-corrected chi connectivity index (χ4v) is 0. The van der Waals surface area contributed by atoms with Gasteiger partial charge < -0.3 is 29.4 Å². The van der Waals surface area contributed by atoms with E-state index in [0.29, 0.717) is 0 Å². The van der Waals surface area contributed by atoms with Crippen LogP contribution in [0.1, 0.15) is 0 Å². The first-order valence-electron chi connectivity index (χ1n) is 1.57. The lowest BCUT2D eigenvalue weighted by Crippen LogP contribution is -1.65. The first-order valence-corrected chi connectivity index (χ1v) is 6.89. The molecule has 10 heteroatoms. The molecule has 0 aromatic heterocycles. The van der Waals surface area contributed by atoms with Crippen molar-refractivity contribution >= 4 is 37.1 Å². The third-order valence-corrected chi connectivity index (χ3v) is 0. The van der Waals surface area contributed by atoms with E-state index in [-0.39, 0.29) is 0 Å². The largest absolute Gasteiger partial charge is 0.325 e. The molecule has 0 aliphatic heterocycles. The average Bonchev–Trinajstić information content (AvgIpc) is 1.12. The fraction of sp³-hybridized carbons (Fsp3) is 0. The predicted octanol–water partition coefficient (Wildman–Crippen LogP) is -1.62. The minimum Gasteiger partial charge on any atom is -0.325 e. The van der Waals surface area contributed by atoms with Crippen molar-refractivity contribution in [3.63, 3.8) is 0 Å². The fourth-order valence-electron chi connectivity index (χ4n) is 0. The highest BCUT2D eigenvalue weighted by Crippen LogP contribution is 2.26. The van der Waals surface area contributed by atoms with Crippen molar-refractivity contribution in [3.8, 4) is 0 Å². The van der Waals surface area contributed by atoms with Crippen LogP contribution in [0.15, 0.2) is 0 Å². The zero-order chi connectivity index (χ0) is 9.00. The van der Waals surface area contributed by atoms with Crippen molar-refractivity contribution in [2.45, 2.75) is 0 Å². The summed E-state index contributed by atoms with van der Waals surface area (Å²) >= 11 is 7.21. The van der Waals surface area contributed by atoms with E-state index in [2.05, 4.69) is 23.6 Å². The molecular formula is H6O6P2S2. The summed E-state index contributed by atoms with van der Waals surface area (Å²) in [4.78, 5) is 45.3. The lowest BCUT2D eigenvalue weighted by molar-refractivity contribution is 0.361. The Bertz CT molecular complexity index is 126. The van der Waals surface area contributed by atoms with Gasteiger partial charge in [-0.2, -0.15) is 0 Å². The van der Waals surface area contributed by atoms with Gasteiger partial charge in [-0.3, -0.25) is 0 Å². The molecule has 0 aliphatic carbocycles. The van der Waals surface area contributed by atoms with Gasteiger partial charge in [-0.25, -0.2) is 0 Å². The summed E-state index contributed by atoms with van der Waals surface area (Å²) in [5, 5.41) is 0. The Morgan fingerprint density at radius 3 is 0.600 bits per heavy atom. The van der Waals surface area contributed by atoms with Crippen molar-refractivity contribution in [2.75, 3.05) is 0 Å². The summed E-state index contributed by atoms with van der Waals surface area (Å²) in [5.41, 5.74) is 0. The van der Waals surface area contributed by atoms with Crippen molar-refractivity contribution in [1.29, 1.82) is 0 Å². The summed E-state index contributed by atoms with van der Waals surface area (Å²) in [6.07, 6.45) is 0. The monoisotopic (exact) mass is 228 g/mol. The Balaban J connectivity index is 0. The second-order valence-electron chi connectivity index (χ2n) is 1.03. The second-order valence-corrected chi connectivity index (χ2v) is 6.02. The van der Waals surface area contributed by atoms with Gasteiger partial charge in [-0.05, 0) is 23.6 Å². The predicted molar refractivity (Wildman–Crippen MR) is 41.9 cm³/mol. The van der Waals surface area contributed by atoms with Crippen LogP contribution >= 0.6 is 13.4 Å². The number of rotatable bonds is 0. The zero-order valence-electron chi connectivity index (χ0n) is 4.39. The molecule has 0 aliphatic rings. The molecule has 0 saturated carbocycles. The molecule has 6 nitrogen and oxygen atoms in total. The quantitative estimate of drug-likeness (QED) is 0.273. The molecule has 0 heterocycles. The van der Waals surface area contributed by atoms with E-state index in [4.69, 9.17) is 29.4 Å². The molecule has 0 unspecified atom stereocenters. The maximum Gasteiger partial charge on any atom is 0.319 e. The van der Waals surface area contributed by atoms with E-state index in [1.54, 1.807) is 0 Å². The highest BCUT2D eigenvalue weighted by Gasteiger charge is 1.92. The number of hydrogen-bond acceptors (Lipinski definition) is 2. The van der Waals surface area contributed by atoms with Gasteiger partial charge in [-0.15, -0.1) is 0 Å². The molecule has 0 bridgehead atoms. The van der Waals surface area contributed by atoms with Gasteiger partial charge in [-0.1, -0.05) is 0 Å². The van der Waals surface area contributed by atoms with Crippen molar-refractivity contribution in [3.05, 3.63) is 0 Å². The average molecular weight is 228 g/mol. The Labute approximate surface area is 66.9 Å². The Morgan fingerprint density at radius 2 is 0.600 bits per heavy atom. The van der Waals surface area contributed by atoms with E-state index in [0.717, 1.165) is 0 Å². The van der Waals surface area contributed by atoms with Crippen LogP contribution in [0.2, 0.25) is 0 Å². The maximum atomic E-state index is 7.56. The minimum atomic E-state index is -3.81. The van der Waals surface area contributed by atoms with Gasteiger partial charge in [0.1, 0.15) is 0 Å². The van der Waals surface area contributed by atoms with Crippen molar-refractivity contribution < 1.29 is 29.4 Å². The van der Waals surface area contributed by atoms with E-state index < -0.39 is 13.4 Å². The molecule has 0 saturated heterocycles. The van der Waals surface area contributed by atoms with E-state index in [1.807, 2.05) is 0 Å². The summed E-state index contributed by atoms with van der Waals surface area (Å²) in [5.74, 6) is 0. The molecule has 0 spiro atoms. The van der Waals surface area contributed by atoms with Crippen LogP contribution in [0.25, 0.3) is 0 Å². The van der Waals surface area contributed by atoms with Gasteiger partial charge in [0.2, 0.25) is 0 Å². The second kappa shape index (κ2) is 4.84. The Hall–Kier alpha value is 1.06. The van der Waals surface area contributed by atoms with Gasteiger partial charge in [0, 0.05) is 0 Å². The van der Waals surface area contributed by atoms with Crippen LogP contribution in [0, 0.1) is 0 Å². The lowest BCUT2D eigenvalue weighted by atomic mass is 15.8. The smallest absolute Gasteiger partial charge is 0.319 e. The summed E-state index contributed by atoms with van der Waals surface area (Å²) in [6.45, 7) is -7.61. The molecule has 6 N–H and O–H groups in total. The molecule has 64 valence electrons. The van der Waals surface area contributed by atoms with Gasteiger partial charge >= 0.3 is 13.4 Å². The third-order valence-electron chi connectivity index (χ3n) is 0. The molecule has 0 amide bonds. The summed E-state index contributed by atoms with van der Waals surface area (Å²) in [7, 11) is 0. The first-order chi connectivity index (χ1) is 4.00. The highest BCUT2D eigenvalue weighted by molar-refractivity contribution is 8.06. The van der Waals surface area contributed by atoms with Gasteiger partial charge in [0.25, 0.3) is 0 Å². The molecule has 0 atom stereocenters. The molecule has 0 rings (SSSR count). The van der Waals surface area contributed by atoms with E-state index in [9.17, 15) is 0 Å². The molecule has 0 aromatic rings. The normalized spacial score (nSPS) is 11.8. The topological polar surface area (TPSA) is 121 Å². The lowest BCUT2D eigenvalue weighted by Gasteiger charge is -1.88. The SMILES string of the molecule is OP(O)(O)=S.OP(O)(O)=S. The molecule has 10 heavy (non-hydrogen) atoms. The molecule has 0 aromatic carbocycles. The third kappa shape index (κ3) is 524. The van der Waals surface area contributed by atoms with Gasteiger partial charge in [0.05, 0.1) is 0 Å². The van der Waals surface area contributed by atoms with Crippen molar-refractivity contribution in [2.24, 2.45) is 0 Å². The van der Waals surface area contributed by atoms with Crippen LogP contribution in [-0.4, -0.2) is 29.4 Å². The maximum absolute atomic E-state index is 7.56. The van der Waals surface area contributed by atoms with Crippen LogP contribution in [0.3, 0.4) is 0 Å². The van der Waals surface area contributed by atoms with Gasteiger partial charge in [0.15, 0.2) is 0 Å². The molecular weight excluding hydrogens is 222 g/mol. The van der Waals surface area contributed by atoms with Crippen molar-refractivity contribution in [1.82, 2.24) is 0 Å². The highest BCUT2D eigenvalue weighted by atomic mass is 32.5. The van der Waals surface area contributed by atoms with E-state index >= 15 is 0 Å². The minimum absolute atomic E-state index is 3.60. The zero-order valence-corrected chi connectivity index (χ0v) is 7.82. The molecule has 0 radical (unpaired) electrons. The van der Waals surface area contributed by atoms with Crippen LogP contribution in [0.5, 0.6) is 0 Å². The standard InChI is InChI=1S/2H3O3PS/c2*1-4(2,3)5/h2*(H3,1,2,3,5). The Morgan fingerprint density at radius 1 is 0.600 bits per heavy atom. The van der Waals surface area contributed by atoms with Crippen LogP contribution < -0.4 is 0 Å².